The SMILES string of the molecule is CCOC(=O)C1=C(C)NC(=S)N(C(=O)/C(C)=C/c2cccc(OCc3ccccc3F)c2)C1c1ccc(C(C)C)cc1. The number of amides is 1. The summed E-state index contributed by atoms with van der Waals surface area (Å²) in [4.78, 5) is 28.6. The van der Waals surface area contributed by atoms with E-state index in [2.05, 4.69) is 19.2 Å². The number of esters is 1. The topological polar surface area (TPSA) is 67.9 Å². The second-order valence-corrected chi connectivity index (χ2v) is 10.8. The standard InChI is InChI=1S/C34H35FN2O4S/c1-6-40-33(39)30-23(5)36-34(42)37(31(30)26-16-14-25(15-17-26)21(2)3)32(38)22(4)18-24-10-9-12-28(19-24)41-20-27-11-7-8-13-29(27)35/h7-19,21,31H,6,20H2,1-5H3,(H,36,42)/b22-18+. The fraction of sp³-hybridized carbons (Fsp3) is 0.265. The highest BCUT2D eigenvalue weighted by atomic mass is 32.1. The van der Waals surface area contributed by atoms with Gasteiger partial charge in [-0.2, -0.15) is 0 Å². The number of hydrogen-bond donors (Lipinski definition) is 1. The molecule has 4 rings (SSSR count). The molecule has 0 saturated heterocycles. The Morgan fingerprint density at radius 1 is 1.07 bits per heavy atom. The van der Waals surface area contributed by atoms with Crippen LogP contribution >= 0.6 is 12.2 Å². The maximum absolute atomic E-state index is 14.0. The van der Waals surface area contributed by atoms with E-state index in [0.717, 1.165) is 16.7 Å². The lowest BCUT2D eigenvalue weighted by Gasteiger charge is -2.38. The number of halogens is 1. The van der Waals surface area contributed by atoms with E-state index in [4.69, 9.17) is 21.7 Å². The van der Waals surface area contributed by atoms with Crippen LogP contribution in [0.15, 0.2) is 89.6 Å². The highest BCUT2D eigenvalue weighted by Gasteiger charge is 2.40. The molecule has 1 amide bonds. The zero-order chi connectivity index (χ0) is 30.4. The number of nitrogens with one attached hydrogen (secondary N) is 1. The molecule has 0 saturated carbocycles. The minimum atomic E-state index is -0.773. The normalized spacial score (nSPS) is 15.5. The van der Waals surface area contributed by atoms with Gasteiger partial charge in [-0.05, 0) is 79.9 Å². The van der Waals surface area contributed by atoms with Gasteiger partial charge < -0.3 is 14.8 Å². The average Bonchev–Trinajstić information content (AvgIpc) is 2.96. The molecule has 0 fully saturated rings. The van der Waals surface area contributed by atoms with Crippen molar-refractivity contribution in [2.75, 3.05) is 6.61 Å². The van der Waals surface area contributed by atoms with E-state index in [1.807, 2.05) is 30.3 Å². The van der Waals surface area contributed by atoms with Crippen LogP contribution in [0.3, 0.4) is 0 Å². The van der Waals surface area contributed by atoms with Crippen molar-refractivity contribution < 1.29 is 23.5 Å². The van der Waals surface area contributed by atoms with Crippen LogP contribution in [0.5, 0.6) is 5.75 Å². The zero-order valence-corrected chi connectivity index (χ0v) is 25.3. The summed E-state index contributed by atoms with van der Waals surface area (Å²) in [5.74, 6) is -0.349. The minimum absolute atomic E-state index is 0.0745. The van der Waals surface area contributed by atoms with Gasteiger partial charge in [0.15, 0.2) is 5.11 Å². The van der Waals surface area contributed by atoms with E-state index in [1.165, 1.54) is 11.0 Å². The molecular weight excluding hydrogens is 551 g/mol. The molecule has 1 atom stereocenters. The molecule has 42 heavy (non-hydrogen) atoms. The largest absolute Gasteiger partial charge is 0.489 e. The van der Waals surface area contributed by atoms with Crippen LogP contribution in [0.2, 0.25) is 0 Å². The first-order valence-electron chi connectivity index (χ1n) is 13.9. The number of carbonyl (C=O) groups is 2. The van der Waals surface area contributed by atoms with Crippen LogP contribution in [0, 0.1) is 5.82 Å². The van der Waals surface area contributed by atoms with Gasteiger partial charge in [0, 0.05) is 16.8 Å². The second-order valence-electron chi connectivity index (χ2n) is 10.4. The number of hydrogen-bond acceptors (Lipinski definition) is 5. The molecule has 6 nitrogen and oxygen atoms in total. The molecular formula is C34H35FN2O4S. The van der Waals surface area contributed by atoms with E-state index >= 15 is 0 Å². The van der Waals surface area contributed by atoms with Crippen LogP contribution < -0.4 is 10.1 Å². The fourth-order valence-corrected chi connectivity index (χ4v) is 5.12. The Balaban J connectivity index is 1.66. The Labute approximate surface area is 251 Å². The Hall–Kier alpha value is -4.30. The Kier molecular flexibility index (Phi) is 9.91. The third kappa shape index (κ3) is 6.94. The summed E-state index contributed by atoms with van der Waals surface area (Å²) in [7, 11) is 0. The third-order valence-corrected chi connectivity index (χ3v) is 7.31. The van der Waals surface area contributed by atoms with Gasteiger partial charge >= 0.3 is 5.97 Å². The number of benzene rings is 3. The molecule has 0 radical (unpaired) electrons. The summed E-state index contributed by atoms with van der Waals surface area (Å²) in [5.41, 5.74) is 4.32. The summed E-state index contributed by atoms with van der Waals surface area (Å²) in [6.45, 7) is 9.67. The molecule has 218 valence electrons. The van der Waals surface area contributed by atoms with Crippen LogP contribution in [-0.2, 0) is 20.9 Å². The Morgan fingerprint density at radius 3 is 2.45 bits per heavy atom. The monoisotopic (exact) mass is 586 g/mol. The smallest absolute Gasteiger partial charge is 0.338 e. The molecule has 0 aliphatic carbocycles. The molecule has 3 aromatic rings. The second kappa shape index (κ2) is 13.6. The number of thiocarbonyl (C=S) groups is 1. The zero-order valence-electron chi connectivity index (χ0n) is 24.4. The van der Waals surface area contributed by atoms with Crippen molar-refractivity contribution in [2.24, 2.45) is 0 Å². The van der Waals surface area contributed by atoms with Gasteiger partial charge in [0.1, 0.15) is 18.2 Å². The van der Waals surface area contributed by atoms with Gasteiger partial charge in [-0.25, -0.2) is 9.18 Å². The highest BCUT2D eigenvalue weighted by molar-refractivity contribution is 7.80. The van der Waals surface area contributed by atoms with Crippen LogP contribution in [-0.4, -0.2) is 28.5 Å². The molecule has 0 aromatic heterocycles. The molecule has 0 bridgehead atoms. The molecule has 3 aromatic carbocycles. The molecule has 8 heteroatoms. The lowest BCUT2D eigenvalue weighted by molar-refractivity contribution is -0.139. The minimum Gasteiger partial charge on any atom is -0.489 e. The number of allylic oxidation sites excluding steroid dienone is 1. The number of ether oxygens (including phenoxy) is 2. The van der Waals surface area contributed by atoms with Crippen molar-refractivity contribution in [1.29, 1.82) is 0 Å². The van der Waals surface area contributed by atoms with E-state index in [1.54, 1.807) is 63.2 Å². The van der Waals surface area contributed by atoms with Crippen LogP contribution in [0.25, 0.3) is 6.08 Å². The number of rotatable bonds is 9. The van der Waals surface area contributed by atoms with Crippen molar-refractivity contribution in [2.45, 2.75) is 53.2 Å². The first-order chi connectivity index (χ1) is 20.1. The first-order valence-corrected chi connectivity index (χ1v) is 14.3. The van der Waals surface area contributed by atoms with Crippen molar-refractivity contribution in [1.82, 2.24) is 10.2 Å². The molecule has 1 heterocycles. The van der Waals surface area contributed by atoms with Crippen molar-refractivity contribution >= 4 is 35.3 Å². The van der Waals surface area contributed by atoms with Crippen molar-refractivity contribution in [3.05, 3.63) is 118 Å². The summed E-state index contributed by atoms with van der Waals surface area (Å²) >= 11 is 5.65. The summed E-state index contributed by atoms with van der Waals surface area (Å²) in [6.07, 6.45) is 1.73. The molecule has 1 aliphatic heterocycles. The lowest BCUT2D eigenvalue weighted by Crippen LogP contribution is -2.51. The summed E-state index contributed by atoms with van der Waals surface area (Å²) in [5, 5.41) is 3.22. The number of nitrogens with zero attached hydrogens (tertiary/aromatic N) is 1. The predicted octanol–water partition coefficient (Wildman–Crippen LogP) is 7.23. The Bertz CT molecular complexity index is 1550. The Morgan fingerprint density at radius 2 is 1.79 bits per heavy atom. The molecule has 0 spiro atoms. The van der Waals surface area contributed by atoms with E-state index in [0.29, 0.717) is 34.1 Å². The summed E-state index contributed by atoms with van der Waals surface area (Å²) in [6, 6.07) is 20.7. The molecule has 1 aliphatic rings. The average molecular weight is 587 g/mol. The highest BCUT2D eigenvalue weighted by Crippen LogP contribution is 2.36. The maximum atomic E-state index is 14.0. The molecule has 1 N–H and O–H groups in total. The fourth-order valence-electron chi connectivity index (χ4n) is 4.77. The van der Waals surface area contributed by atoms with Gasteiger partial charge in [-0.3, -0.25) is 9.69 Å². The van der Waals surface area contributed by atoms with Gasteiger partial charge in [-0.1, -0.05) is 68.4 Å². The van der Waals surface area contributed by atoms with Gasteiger partial charge in [-0.15, -0.1) is 0 Å². The van der Waals surface area contributed by atoms with Crippen LogP contribution in [0.1, 0.15) is 68.8 Å². The van der Waals surface area contributed by atoms with Gasteiger partial charge in [0.25, 0.3) is 5.91 Å². The number of carbonyl (C=O) groups excluding carboxylic acids is 2. The quantitative estimate of drug-likeness (QED) is 0.162. The van der Waals surface area contributed by atoms with E-state index in [9.17, 15) is 14.0 Å². The maximum Gasteiger partial charge on any atom is 0.338 e. The first kappa shape index (κ1) is 30.7. The van der Waals surface area contributed by atoms with Gasteiger partial charge in [0.05, 0.1) is 18.2 Å². The summed E-state index contributed by atoms with van der Waals surface area (Å²) < 4.78 is 25.2. The van der Waals surface area contributed by atoms with Crippen molar-refractivity contribution in [3.8, 4) is 5.75 Å². The lowest BCUT2D eigenvalue weighted by atomic mass is 9.91. The van der Waals surface area contributed by atoms with E-state index < -0.39 is 12.0 Å². The van der Waals surface area contributed by atoms with E-state index in [-0.39, 0.29) is 30.1 Å². The van der Waals surface area contributed by atoms with Gasteiger partial charge in [0.2, 0.25) is 0 Å². The van der Waals surface area contributed by atoms with Crippen molar-refractivity contribution in [3.63, 3.8) is 0 Å². The third-order valence-electron chi connectivity index (χ3n) is 7.01. The van der Waals surface area contributed by atoms with Crippen LogP contribution in [0.4, 0.5) is 4.39 Å². The molecule has 1 unspecified atom stereocenters. The predicted molar refractivity (Wildman–Crippen MR) is 166 cm³/mol.